The van der Waals surface area contributed by atoms with E-state index in [1.807, 2.05) is 0 Å². The highest BCUT2D eigenvalue weighted by molar-refractivity contribution is 5.52. The summed E-state index contributed by atoms with van der Waals surface area (Å²) in [6.07, 6.45) is 1.72. The Kier molecular flexibility index (Phi) is 2.64. The van der Waals surface area contributed by atoms with Gasteiger partial charge in [0.05, 0.1) is 17.9 Å². The van der Waals surface area contributed by atoms with Crippen LogP contribution in [0, 0.1) is 5.82 Å². The van der Waals surface area contributed by atoms with Crippen molar-refractivity contribution in [1.29, 1.82) is 0 Å². The van der Waals surface area contributed by atoms with Gasteiger partial charge in [0.1, 0.15) is 24.5 Å². The Bertz CT molecular complexity index is 414. The van der Waals surface area contributed by atoms with Crippen LogP contribution in [0.3, 0.4) is 0 Å². The van der Waals surface area contributed by atoms with Crippen molar-refractivity contribution in [3.63, 3.8) is 0 Å². The standard InChI is InChI=1S/C12H14FNO3/c13-7-1-2-9(14)10(3-7)17-8-4-11-12(5-8)16-6-15-11/h1-3,8,11-12H,4-6,14H2. The van der Waals surface area contributed by atoms with Crippen molar-refractivity contribution in [3.8, 4) is 5.75 Å². The Morgan fingerprint density at radius 3 is 2.65 bits per heavy atom. The molecule has 0 spiro atoms. The quantitative estimate of drug-likeness (QED) is 0.798. The Morgan fingerprint density at radius 1 is 1.24 bits per heavy atom. The van der Waals surface area contributed by atoms with Crippen molar-refractivity contribution in [3.05, 3.63) is 24.0 Å². The van der Waals surface area contributed by atoms with Crippen LogP contribution in [0.4, 0.5) is 10.1 Å². The molecule has 1 heterocycles. The van der Waals surface area contributed by atoms with Gasteiger partial charge in [0, 0.05) is 18.9 Å². The molecule has 0 bridgehead atoms. The molecular weight excluding hydrogens is 225 g/mol. The first kappa shape index (κ1) is 10.8. The van der Waals surface area contributed by atoms with Crippen molar-refractivity contribution < 1.29 is 18.6 Å². The third-order valence-corrected chi connectivity index (χ3v) is 3.24. The number of ether oxygens (including phenoxy) is 3. The molecule has 0 amide bonds. The predicted octanol–water partition coefficient (Wildman–Crippen LogP) is 1.69. The molecule has 2 atom stereocenters. The topological polar surface area (TPSA) is 53.7 Å². The second kappa shape index (κ2) is 4.16. The van der Waals surface area contributed by atoms with Crippen molar-refractivity contribution in [2.45, 2.75) is 31.2 Å². The molecule has 2 unspecified atom stereocenters. The van der Waals surface area contributed by atoms with Gasteiger partial charge in [-0.2, -0.15) is 0 Å². The average Bonchev–Trinajstić information content (AvgIpc) is 2.83. The van der Waals surface area contributed by atoms with E-state index in [0.717, 1.165) is 12.8 Å². The van der Waals surface area contributed by atoms with Gasteiger partial charge in [0.2, 0.25) is 0 Å². The Morgan fingerprint density at radius 2 is 1.94 bits per heavy atom. The van der Waals surface area contributed by atoms with Crippen LogP contribution < -0.4 is 10.5 Å². The van der Waals surface area contributed by atoms with Crippen LogP contribution in [-0.4, -0.2) is 25.1 Å². The number of nitrogen functional groups attached to an aromatic ring is 1. The number of rotatable bonds is 2. The summed E-state index contributed by atoms with van der Waals surface area (Å²) in [6, 6.07) is 4.14. The van der Waals surface area contributed by atoms with E-state index in [2.05, 4.69) is 0 Å². The van der Waals surface area contributed by atoms with Gasteiger partial charge in [-0.05, 0) is 12.1 Å². The lowest BCUT2D eigenvalue weighted by molar-refractivity contribution is 0.0123. The first-order valence-corrected chi connectivity index (χ1v) is 5.67. The first-order valence-electron chi connectivity index (χ1n) is 5.67. The van der Waals surface area contributed by atoms with E-state index in [1.165, 1.54) is 18.2 Å². The number of hydrogen-bond donors (Lipinski definition) is 1. The first-order chi connectivity index (χ1) is 8.22. The number of halogens is 1. The van der Waals surface area contributed by atoms with Gasteiger partial charge in [-0.1, -0.05) is 0 Å². The molecule has 3 rings (SSSR count). The van der Waals surface area contributed by atoms with Gasteiger partial charge in [-0.15, -0.1) is 0 Å². The van der Waals surface area contributed by atoms with Crippen LogP contribution in [0.5, 0.6) is 5.75 Å². The third-order valence-electron chi connectivity index (χ3n) is 3.24. The second-order valence-corrected chi connectivity index (χ2v) is 4.42. The zero-order valence-electron chi connectivity index (χ0n) is 9.27. The molecule has 1 aliphatic heterocycles. The maximum Gasteiger partial charge on any atom is 0.147 e. The molecule has 92 valence electrons. The Hall–Kier alpha value is -1.33. The van der Waals surface area contributed by atoms with Crippen LogP contribution in [0.25, 0.3) is 0 Å². The molecule has 5 heteroatoms. The zero-order chi connectivity index (χ0) is 11.8. The number of hydrogen-bond acceptors (Lipinski definition) is 4. The lowest BCUT2D eigenvalue weighted by atomic mass is 10.2. The van der Waals surface area contributed by atoms with Gasteiger partial charge in [0.25, 0.3) is 0 Å². The summed E-state index contributed by atoms with van der Waals surface area (Å²) in [7, 11) is 0. The number of fused-ring (bicyclic) bond motifs is 1. The molecule has 1 saturated carbocycles. The number of anilines is 1. The summed E-state index contributed by atoms with van der Waals surface area (Å²) >= 11 is 0. The van der Waals surface area contributed by atoms with E-state index < -0.39 is 0 Å². The monoisotopic (exact) mass is 239 g/mol. The molecule has 1 aromatic rings. The van der Waals surface area contributed by atoms with Gasteiger partial charge >= 0.3 is 0 Å². The largest absolute Gasteiger partial charge is 0.488 e. The second-order valence-electron chi connectivity index (χ2n) is 4.42. The van der Waals surface area contributed by atoms with Gasteiger partial charge < -0.3 is 19.9 Å². The van der Waals surface area contributed by atoms with Crippen LogP contribution in [0.15, 0.2) is 18.2 Å². The lowest BCUT2D eigenvalue weighted by Gasteiger charge is -2.15. The predicted molar refractivity (Wildman–Crippen MR) is 59.1 cm³/mol. The van der Waals surface area contributed by atoms with Crippen LogP contribution in [0.1, 0.15) is 12.8 Å². The molecule has 1 aliphatic carbocycles. The molecular formula is C12H14FNO3. The summed E-state index contributed by atoms with van der Waals surface area (Å²) in [4.78, 5) is 0. The maximum absolute atomic E-state index is 13.1. The molecule has 1 aromatic carbocycles. The molecule has 0 aromatic heterocycles. The maximum atomic E-state index is 13.1. The summed E-state index contributed by atoms with van der Waals surface area (Å²) in [5, 5.41) is 0. The summed E-state index contributed by atoms with van der Waals surface area (Å²) in [5.41, 5.74) is 6.18. The fraction of sp³-hybridized carbons (Fsp3) is 0.500. The molecule has 0 radical (unpaired) electrons. The highest BCUT2D eigenvalue weighted by Gasteiger charge is 2.40. The van der Waals surface area contributed by atoms with Crippen LogP contribution in [0.2, 0.25) is 0 Å². The van der Waals surface area contributed by atoms with Crippen molar-refractivity contribution >= 4 is 5.69 Å². The number of benzene rings is 1. The van der Waals surface area contributed by atoms with E-state index in [9.17, 15) is 4.39 Å². The fourth-order valence-corrected chi connectivity index (χ4v) is 2.37. The highest BCUT2D eigenvalue weighted by atomic mass is 19.1. The normalized spacial score (nSPS) is 31.5. The third kappa shape index (κ3) is 2.08. The van der Waals surface area contributed by atoms with Gasteiger partial charge in [0.15, 0.2) is 0 Å². The zero-order valence-corrected chi connectivity index (χ0v) is 9.27. The van der Waals surface area contributed by atoms with Crippen molar-refractivity contribution in [2.24, 2.45) is 0 Å². The molecule has 2 aliphatic rings. The molecule has 4 nitrogen and oxygen atoms in total. The van der Waals surface area contributed by atoms with Crippen molar-refractivity contribution in [1.82, 2.24) is 0 Å². The van der Waals surface area contributed by atoms with E-state index >= 15 is 0 Å². The summed E-state index contributed by atoms with van der Waals surface area (Å²) < 4.78 is 29.5. The lowest BCUT2D eigenvalue weighted by Crippen LogP contribution is -2.15. The summed E-state index contributed by atoms with van der Waals surface area (Å²) in [5.74, 6) is 0.0508. The molecule has 1 saturated heterocycles. The van der Waals surface area contributed by atoms with E-state index in [4.69, 9.17) is 19.9 Å². The van der Waals surface area contributed by atoms with E-state index in [0.29, 0.717) is 18.2 Å². The van der Waals surface area contributed by atoms with Crippen molar-refractivity contribution in [2.75, 3.05) is 12.5 Å². The summed E-state index contributed by atoms with van der Waals surface area (Å²) in [6.45, 7) is 0.365. The molecule has 17 heavy (non-hydrogen) atoms. The minimum Gasteiger partial charge on any atom is -0.488 e. The molecule has 2 fully saturated rings. The smallest absolute Gasteiger partial charge is 0.147 e. The minimum absolute atomic E-state index is 0.0191. The Balaban J connectivity index is 1.69. The van der Waals surface area contributed by atoms with Crippen LogP contribution in [-0.2, 0) is 9.47 Å². The molecule has 2 N–H and O–H groups in total. The minimum atomic E-state index is -0.347. The highest BCUT2D eigenvalue weighted by Crippen LogP contribution is 2.34. The average molecular weight is 239 g/mol. The van der Waals surface area contributed by atoms with E-state index in [1.54, 1.807) is 0 Å². The van der Waals surface area contributed by atoms with Crippen LogP contribution >= 0.6 is 0 Å². The van der Waals surface area contributed by atoms with Gasteiger partial charge in [-0.25, -0.2) is 4.39 Å². The van der Waals surface area contributed by atoms with E-state index in [-0.39, 0.29) is 24.1 Å². The Labute approximate surface area is 98.5 Å². The fourth-order valence-electron chi connectivity index (χ4n) is 2.37. The SMILES string of the molecule is Nc1ccc(F)cc1OC1CC2OCOC2C1. The number of nitrogens with two attached hydrogens (primary N) is 1. The van der Waals surface area contributed by atoms with Gasteiger partial charge in [-0.3, -0.25) is 0 Å².